The monoisotopic (exact) mass is 376 g/mol. The highest BCUT2D eigenvalue weighted by Crippen LogP contribution is 2.35. The van der Waals surface area contributed by atoms with Crippen molar-refractivity contribution in [2.45, 2.75) is 6.18 Å². The van der Waals surface area contributed by atoms with Gasteiger partial charge in [-0.3, -0.25) is 0 Å². The molecule has 1 heterocycles. The first-order valence-electron chi connectivity index (χ1n) is 7.29. The van der Waals surface area contributed by atoms with Gasteiger partial charge < -0.3 is 9.84 Å². The molecule has 1 aromatic heterocycles. The number of nitrogens with zero attached hydrogens (tertiary/aromatic N) is 2. The fourth-order valence-corrected chi connectivity index (χ4v) is 3.22. The van der Waals surface area contributed by atoms with Crippen LogP contribution in [0, 0.1) is 11.3 Å². The zero-order valence-corrected chi connectivity index (χ0v) is 14.1. The number of halogens is 3. The van der Waals surface area contributed by atoms with Gasteiger partial charge in [-0.1, -0.05) is 6.07 Å². The number of rotatable bonds is 3. The molecule has 26 heavy (non-hydrogen) atoms. The Morgan fingerprint density at radius 2 is 2.04 bits per heavy atom. The number of aromatic hydroxyl groups is 1. The van der Waals surface area contributed by atoms with Gasteiger partial charge in [0, 0.05) is 0 Å². The second-order valence-corrected chi connectivity index (χ2v) is 6.33. The molecular weight excluding hydrogens is 365 g/mol. The molecule has 0 aliphatic rings. The molecular formula is C18H11F3N2O2S. The van der Waals surface area contributed by atoms with Crippen LogP contribution >= 0.6 is 11.3 Å². The van der Waals surface area contributed by atoms with Gasteiger partial charge in [0.25, 0.3) is 0 Å². The molecule has 0 bridgehead atoms. The van der Waals surface area contributed by atoms with E-state index in [0.717, 1.165) is 23.5 Å². The quantitative estimate of drug-likeness (QED) is 0.647. The van der Waals surface area contributed by atoms with Crippen molar-refractivity contribution in [3.05, 3.63) is 52.5 Å². The number of nitriles is 1. The second kappa shape index (κ2) is 6.69. The minimum Gasteiger partial charge on any atom is -0.504 e. The Labute approximate surface area is 150 Å². The minimum atomic E-state index is -4.45. The molecule has 0 atom stereocenters. The lowest BCUT2D eigenvalue weighted by Crippen LogP contribution is -2.03. The number of fused-ring (bicyclic) bond motifs is 1. The summed E-state index contributed by atoms with van der Waals surface area (Å²) in [7, 11) is 1.40. The van der Waals surface area contributed by atoms with Gasteiger partial charge in [0.05, 0.1) is 28.5 Å². The van der Waals surface area contributed by atoms with Gasteiger partial charge in [-0.15, -0.1) is 11.3 Å². The third-order valence-electron chi connectivity index (χ3n) is 3.58. The number of hydrogen-bond acceptors (Lipinski definition) is 5. The first-order chi connectivity index (χ1) is 12.3. The van der Waals surface area contributed by atoms with Gasteiger partial charge in [-0.05, 0) is 42.0 Å². The van der Waals surface area contributed by atoms with E-state index in [1.807, 2.05) is 6.07 Å². The molecule has 8 heteroatoms. The van der Waals surface area contributed by atoms with Crippen molar-refractivity contribution in [3.63, 3.8) is 0 Å². The molecule has 3 aromatic rings. The molecule has 0 aliphatic carbocycles. The number of alkyl halides is 3. The zero-order valence-electron chi connectivity index (χ0n) is 13.3. The summed E-state index contributed by atoms with van der Waals surface area (Å²) in [6.45, 7) is 0. The molecule has 0 spiro atoms. The van der Waals surface area contributed by atoms with Crippen molar-refractivity contribution in [2.75, 3.05) is 7.11 Å². The standard InChI is InChI=1S/C18H11F3N2O2S/c1-25-15-7-10(2-4-14(15)24)6-11(9-22)17-23-13-8-12(18(19,20)21)3-5-16(13)26-17/h2-8,24H,1H3. The van der Waals surface area contributed by atoms with Crippen LogP contribution in [0.25, 0.3) is 21.9 Å². The van der Waals surface area contributed by atoms with E-state index in [0.29, 0.717) is 15.3 Å². The molecule has 0 amide bonds. The molecule has 4 nitrogen and oxygen atoms in total. The molecule has 2 aromatic carbocycles. The largest absolute Gasteiger partial charge is 0.504 e. The molecule has 0 aliphatic heterocycles. The smallest absolute Gasteiger partial charge is 0.416 e. The third kappa shape index (κ3) is 3.48. The van der Waals surface area contributed by atoms with Crippen molar-refractivity contribution < 1.29 is 23.0 Å². The maximum Gasteiger partial charge on any atom is 0.416 e. The van der Waals surface area contributed by atoms with Gasteiger partial charge >= 0.3 is 6.18 Å². The van der Waals surface area contributed by atoms with Crippen LogP contribution in [-0.4, -0.2) is 17.2 Å². The summed E-state index contributed by atoms with van der Waals surface area (Å²) in [5, 5.41) is 19.3. The number of thiazole rings is 1. The van der Waals surface area contributed by atoms with E-state index in [-0.39, 0.29) is 22.6 Å². The number of ether oxygens (including phenoxy) is 1. The normalized spacial score (nSPS) is 12.2. The Morgan fingerprint density at radius 3 is 2.69 bits per heavy atom. The summed E-state index contributed by atoms with van der Waals surface area (Å²) in [5.41, 5.74) is 0.191. The van der Waals surface area contributed by atoms with Crippen LogP contribution in [0.2, 0.25) is 0 Å². The van der Waals surface area contributed by atoms with E-state index in [1.165, 1.54) is 25.3 Å². The van der Waals surface area contributed by atoms with Crippen molar-refractivity contribution in [2.24, 2.45) is 0 Å². The van der Waals surface area contributed by atoms with E-state index in [4.69, 9.17) is 4.74 Å². The van der Waals surface area contributed by atoms with Crippen LogP contribution in [0.5, 0.6) is 11.5 Å². The summed E-state index contributed by atoms with van der Waals surface area (Å²) < 4.78 is 44.0. The maximum atomic E-state index is 12.8. The molecule has 132 valence electrons. The van der Waals surface area contributed by atoms with Crippen molar-refractivity contribution in [1.82, 2.24) is 4.98 Å². The molecule has 0 saturated heterocycles. The van der Waals surface area contributed by atoms with Crippen molar-refractivity contribution in [3.8, 4) is 17.6 Å². The van der Waals surface area contributed by atoms with E-state index in [2.05, 4.69) is 4.98 Å². The number of phenols is 1. The third-order valence-corrected chi connectivity index (χ3v) is 4.65. The van der Waals surface area contributed by atoms with Crippen LogP contribution < -0.4 is 4.74 Å². The Bertz CT molecular complexity index is 1050. The predicted molar refractivity (Wildman–Crippen MR) is 92.8 cm³/mol. The van der Waals surface area contributed by atoms with Crippen LogP contribution in [0.3, 0.4) is 0 Å². The first-order valence-corrected chi connectivity index (χ1v) is 8.10. The highest BCUT2D eigenvalue weighted by atomic mass is 32.1. The number of benzene rings is 2. The zero-order chi connectivity index (χ0) is 18.9. The van der Waals surface area contributed by atoms with Crippen molar-refractivity contribution in [1.29, 1.82) is 5.26 Å². The highest BCUT2D eigenvalue weighted by molar-refractivity contribution is 7.19. The number of methoxy groups -OCH3 is 1. The van der Waals surface area contributed by atoms with E-state index in [9.17, 15) is 23.5 Å². The number of aromatic nitrogens is 1. The molecule has 1 N–H and O–H groups in total. The lowest BCUT2D eigenvalue weighted by molar-refractivity contribution is -0.137. The second-order valence-electron chi connectivity index (χ2n) is 5.30. The number of hydrogen-bond donors (Lipinski definition) is 1. The van der Waals surface area contributed by atoms with Gasteiger partial charge in [0.15, 0.2) is 11.5 Å². The Hall–Kier alpha value is -3.05. The molecule has 0 unspecified atom stereocenters. The predicted octanol–water partition coefficient (Wildman–Crippen LogP) is 5.09. The molecule has 3 rings (SSSR count). The lowest BCUT2D eigenvalue weighted by atomic mass is 10.1. The summed E-state index contributed by atoms with van der Waals surface area (Å²) in [6, 6.07) is 9.87. The Morgan fingerprint density at radius 1 is 1.27 bits per heavy atom. The topological polar surface area (TPSA) is 66.1 Å². The average Bonchev–Trinajstić information content (AvgIpc) is 3.03. The van der Waals surface area contributed by atoms with Gasteiger partial charge in [0.2, 0.25) is 0 Å². The molecule has 0 saturated carbocycles. The molecule has 0 radical (unpaired) electrons. The van der Waals surface area contributed by atoms with E-state index in [1.54, 1.807) is 12.1 Å². The van der Waals surface area contributed by atoms with Crippen molar-refractivity contribution >= 4 is 33.2 Å². The van der Waals surface area contributed by atoms with Crippen LogP contribution in [0.4, 0.5) is 13.2 Å². The lowest BCUT2D eigenvalue weighted by Gasteiger charge is -2.04. The van der Waals surface area contributed by atoms with Gasteiger partial charge in [0.1, 0.15) is 11.1 Å². The SMILES string of the molecule is COc1cc(C=C(C#N)c2nc3cc(C(F)(F)F)ccc3s2)ccc1O. The number of phenolic OH excluding ortho intramolecular Hbond substituents is 1. The minimum absolute atomic E-state index is 0.0391. The van der Waals surface area contributed by atoms with E-state index < -0.39 is 11.7 Å². The summed E-state index contributed by atoms with van der Waals surface area (Å²) in [5.74, 6) is 0.206. The Balaban J connectivity index is 2.04. The van der Waals surface area contributed by atoms with Gasteiger partial charge in [-0.25, -0.2) is 4.98 Å². The van der Waals surface area contributed by atoms with Crippen LogP contribution in [0.1, 0.15) is 16.1 Å². The fourth-order valence-electron chi connectivity index (χ4n) is 2.31. The van der Waals surface area contributed by atoms with Gasteiger partial charge in [-0.2, -0.15) is 18.4 Å². The summed E-state index contributed by atoms with van der Waals surface area (Å²) in [6.07, 6.45) is -2.92. The van der Waals surface area contributed by atoms with Crippen LogP contribution in [-0.2, 0) is 6.18 Å². The van der Waals surface area contributed by atoms with E-state index >= 15 is 0 Å². The average molecular weight is 376 g/mol. The van der Waals surface area contributed by atoms with Crippen LogP contribution in [0.15, 0.2) is 36.4 Å². The maximum absolute atomic E-state index is 12.8. The fraction of sp³-hybridized carbons (Fsp3) is 0.111. The molecule has 0 fully saturated rings. The highest BCUT2D eigenvalue weighted by Gasteiger charge is 2.30. The first kappa shape index (κ1) is 17.8. The number of allylic oxidation sites excluding steroid dienone is 1. The summed E-state index contributed by atoms with van der Waals surface area (Å²) in [4.78, 5) is 4.16. The Kier molecular flexibility index (Phi) is 4.57. The summed E-state index contributed by atoms with van der Waals surface area (Å²) >= 11 is 1.13.